The summed E-state index contributed by atoms with van der Waals surface area (Å²) in [7, 11) is 0. The highest BCUT2D eigenvalue weighted by molar-refractivity contribution is 7.98. The molecule has 0 bridgehead atoms. The molecule has 0 spiro atoms. The Bertz CT molecular complexity index is 1240. The number of hydrogen-bond donors (Lipinski definition) is 0. The summed E-state index contributed by atoms with van der Waals surface area (Å²) in [5, 5.41) is 10.3. The van der Waals surface area contributed by atoms with Crippen molar-refractivity contribution in [3.8, 4) is 11.8 Å². The molecule has 3 aromatic carbocycles. The van der Waals surface area contributed by atoms with E-state index in [4.69, 9.17) is 10.2 Å². The zero-order valence-electron chi connectivity index (χ0n) is 15.3. The lowest BCUT2D eigenvalue weighted by Crippen LogP contribution is -2.21. The van der Waals surface area contributed by atoms with Crippen LogP contribution in [0.15, 0.2) is 82.7 Å². The first-order valence-corrected chi connectivity index (χ1v) is 9.85. The molecule has 4 aromatic rings. The van der Waals surface area contributed by atoms with Crippen molar-refractivity contribution in [1.82, 2.24) is 9.55 Å². The Labute approximate surface area is 167 Å². The number of thioether (sulfide) groups is 1. The third kappa shape index (κ3) is 3.55. The largest absolute Gasteiger partial charge is 0.268 e. The smallest absolute Gasteiger partial charge is 0.266 e. The predicted molar refractivity (Wildman–Crippen MR) is 113 cm³/mol. The number of rotatable bonds is 4. The van der Waals surface area contributed by atoms with Crippen molar-refractivity contribution < 1.29 is 0 Å². The van der Waals surface area contributed by atoms with E-state index in [1.807, 2.05) is 18.2 Å². The van der Waals surface area contributed by atoms with Crippen LogP contribution in [0.2, 0.25) is 0 Å². The minimum Gasteiger partial charge on any atom is -0.268 e. The summed E-state index contributed by atoms with van der Waals surface area (Å²) < 4.78 is 1.63. The summed E-state index contributed by atoms with van der Waals surface area (Å²) in [6.07, 6.45) is 0. The molecule has 1 heterocycles. The van der Waals surface area contributed by atoms with Gasteiger partial charge in [-0.25, -0.2) is 4.98 Å². The van der Waals surface area contributed by atoms with E-state index in [9.17, 15) is 4.79 Å². The van der Waals surface area contributed by atoms with Gasteiger partial charge in [-0.3, -0.25) is 9.36 Å². The van der Waals surface area contributed by atoms with Crippen molar-refractivity contribution in [2.24, 2.45) is 0 Å². The molecule has 28 heavy (non-hydrogen) atoms. The van der Waals surface area contributed by atoms with Gasteiger partial charge in [-0.1, -0.05) is 53.7 Å². The minimum absolute atomic E-state index is 0.110. The number of aryl methyl sites for hydroxylation is 1. The fraction of sp³-hybridized carbons (Fsp3) is 0.0870. The normalized spacial score (nSPS) is 10.7. The van der Waals surface area contributed by atoms with Crippen LogP contribution in [0, 0.1) is 18.3 Å². The van der Waals surface area contributed by atoms with E-state index >= 15 is 0 Å². The number of benzene rings is 3. The Morgan fingerprint density at radius 3 is 2.43 bits per heavy atom. The van der Waals surface area contributed by atoms with Gasteiger partial charge in [0, 0.05) is 5.75 Å². The van der Waals surface area contributed by atoms with Gasteiger partial charge in [-0.15, -0.1) is 0 Å². The number of nitrogens with zero attached hydrogens (tertiary/aromatic N) is 3. The Kier molecular flexibility index (Phi) is 4.96. The minimum atomic E-state index is -0.110. The van der Waals surface area contributed by atoms with E-state index in [2.05, 4.69) is 37.3 Å². The molecule has 4 nitrogen and oxygen atoms in total. The van der Waals surface area contributed by atoms with Crippen LogP contribution in [0.5, 0.6) is 0 Å². The zero-order chi connectivity index (χ0) is 19.5. The third-order valence-corrected chi connectivity index (χ3v) is 5.50. The number of hydrogen-bond acceptors (Lipinski definition) is 4. The first-order chi connectivity index (χ1) is 13.7. The Hall–Kier alpha value is -3.36. The number of nitriles is 1. The second-order valence-corrected chi connectivity index (χ2v) is 7.43. The zero-order valence-corrected chi connectivity index (χ0v) is 16.1. The summed E-state index contributed by atoms with van der Waals surface area (Å²) in [5.74, 6) is 0.710. The molecule has 0 atom stereocenters. The van der Waals surface area contributed by atoms with Crippen LogP contribution in [0.1, 0.15) is 16.7 Å². The number of para-hydroxylation sites is 1. The molecule has 0 aliphatic rings. The molecular formula is C23H17N3OS. The second kappa shape index (κ2) is 7.71. The molecule has 1 aromatic heterocycles. The molecule has 0 amide bonds. The van der Waals surface area contributed by atoms with Crippen molar-refractivity contribution >= 4 is 22.7 Å². The maximum absolute atomic E-state index is 13.2. The summed E-state index contributed by atoms with van der Waals surface area (Å²) in [4.78, 5) is 18.0. The molecular weight excluding hydrogens is 366 g/mol. The van der Waals surface area contributed by atoms with Crippen LogP contribution in [-0.2, 0) is 5.75 Å². The summed E-state index contributed by atoms with van der Waals surface area (Å²) in [6, 6.07) is 24.8. The highest BCUT2D eigenvalue weighted by Gasteiger charge is 2.13. The first-order valence-electron chi connectivity index (χ1n) is 8.86. The molecule has 0 saturated carbocycles. The van der Waals surface area contributed by atoms with Gasteiger partial charge in [-0.2, -0.15) is 5.26 Å². The Morgan fingerprint density at radius 1 is 1.00 bits per heavy atom. The lowest BCUT2D eigenvalue weighted by atomic mass is 10.2. The monoisotopic (exact) mass is 383 g/mol. The van der Waals surface area contributed by atoms with Crippen molar-refractivity contribution in [2.75, 3.05) is 0 Å². The van der Waals surface area contributed by atoms with Crippen LogP contribution in [0.3, 0.4) is 0 Å². The Balaban J connectivity index is 1.81. The van der Waals surface area contributed by atoms with E-state index in [1.54, 1.807) is 34.9 Å². The average Bonchev–Trinajstić information content (AvgIpc) is 2.74. The van der Waals surface area contributed by atoms with E-state index < -0.39 is 0 Å². The SMILES string of the molecule is Cc1ccc(CSc2nc3ccccc3c(=O)n2-c2ccc(C#N)cc2)cc1. The van der Waals surface area contributed by atoms with E-state index in [1.165, 1.54) is 22.9 Å². The quantitative estimate of drug-likeness (QED) is 0.373. The number of fused-ring (bicyclic) bond motifs is 1. The summed E-state index contributed by atoms with van der Waals surface area (Å²) in [6.45, 7) is 2.06. The molecule has 4 rings (SSSR count). The van der Waals surface area contributed by atoms with E-state index in [0.717, 1.165) is 0 Å². The van der Waals surface area contributed by atoms with Crippen LogP contribution < -0.4 is 5.56 Å². The molecule has 0 unspecified atom stereocenters. The van der Waals surface area contributed by atoms with Crippen molar-refractivity contribution in [1.29, 1.82) is 5.26 Å². The van der Waals surface area contributed by atoms with Gasteiger partial charge >= 0.3 is 0 Å². The van der Waals surface area contributed by atoms with E-state index in [0.29, 0.717) is 33.1 Å². The Morgan fingerprint density at radius 2 is 1.71 bits per heavy atom. The van der Waals surface area contributed by atoms with Crippen LogP contribution >= 0.6 is 11.8 Å². The second-order valence-electron chi connectivity index (χ2n) is 6.49. The summed E-state index contributed by atoms with van der Waals surface area (Å²) >= 11 is 1.53. The maximum Gasteiger partial charge on any atom is 0.266 e. The molecule has 5 heteroatoms. The van der Waals surface area contributed by atoms with Crippen LogP contribution in [-0.4, -0.2) is 9.55 Å². The van der Waals surface area contributed by atoms with Crippen molar-refractivity contribution in [2.45, 2.75) is 17.8 Å². The molecule has 0 fully saturated rings. The highest BCUT2D eigenvalue weighted by Crippen LogP contribution is 2.25. The molecule has 0 saturated heterocycles. The molecule has 0 aliphatic carbocycles. The lowest BCUT2D eigenvalue weighted by molar-refractivity contribution is 0.819. The van der Waals surface area contributed by atoms with Crippen LogP contribution in [0.4, 0.5) is 0 Å². The lowest BCUT2D eigenvalue weighted by Gasteiger charge is -2.13. The maximum atomic E-state index is 13.2. The molecule has 136 valence electrons. The third-order valence-electron chi connectivity index (χ3n) is 4.49. The van der Waals surface area contributed by atoms with Gasteiger partial charge in [0.05, 0.1) is 28.2 Å². The first kappa shape index (κ1) is 18.0. The standard InChI is InChI=1S/C23H17N3OS/c1-16-6-8-18(9-7-16)15-28-23-25-21-5-3-2-4-20(21)22(27)26(23)19-12-10-17(14-24)11-13-19/h2-13H,15H2,1H3. The molecule has 0 aliphatic heterocycles. The van der Waals surface area contributed by atoms with Gasteiger partial charge in [0.2, 0.25) is 0 Å². The van der Waals surface area contributed by atoms with Gasteiger partial charge < -0.3 is 0 Å². The van der Waals surface area contributed by atoms with Gasteiger partial charge in [0.1, 0.15) is 0 Å². The van der Waals surface area contributed by atoms with Crippen molar-refractivity contribution in [3.63, 3.8) is 0 Å². The van der Waals surface area contributed by atoms with E-state index in [-0.39, 0.29) is 5.56 Å². The number of aromatic nitrogens is 2. The highest BCUT2D eigenvalue weighted by atomic mass is 32.2. The van der Waals surface area contributed by atoms with Gasteiger partial charge in [0.25, 0.3) is 5.56 Å². The predicted octanol–water partition coefficient (Wildman–Crippen LogP) is 4.86. The van der Waals surface area contributed by atoms with Gasteiger partial charge in [-0.05, 0) is 48.9 Å². The van der Waals surface area contributed by atoms with Crippen molar-refractivity contribution in [3.05, 3.63) is 99.8 Å². The van der Waals surface area contributed by atoms with Gasteiger partial charge in [0.15, 0.2) is 5.16 Å². The summed E-state index contributed by atoms with van der Waals surface area (Å²) in [5.41, 5.74) is 4.22. The topological polar surface area (TPSA) is 58.7 Å². The fourth-order valence-corrected chi connectivity index (χ4v) is 3.92. The van der Waals surface area contributed by atoms with Crippen LogP contribution in [0.25, 0.3) is 16.6 Å². The fourth-order valence-electron chi connectivity index (χ4n) is 2.95. The average molecular weight is 383 g/mol. The molecule has 0 radical (unpaired) electrons. The molecule has 0 N–H and O–H groups in total.